The highest BCUT2D eigenvalue weighted by Gasteiger charge is 2.65. The van der Waals surface area contributed by atoms with Crippen LogP contribution in [0.3, 0.4) is 0 Å². The molecule has 0 heterocycles. The number of halogens is 8. The fraction of sp³-hybridized carbons (Fsp3) is 0.176. The summed E-state index contributed by atoms with van der Waals surface area (Å²) in [5.41, 5.74) is -0.0670. The molecule has 0 aromatic heterocycles. The van der Waals surface area contributed by atoms with Gasteiger partial charge in [0.1, 0.15) is 5.75 Å². The van der Waals surface area contributed by atoms with Gasteiger partial charge in [0.05, 0.1) is 10.7 Å². The average molecular weight is 475 g/mol. The lowest BCUT2D eigenvalue weighted by atomic mass is 10.2. The third-order valence-corrected chi connectivity index (χ3v) is 4.11. The second kappa shape index (κ2) is 9.00. The largest absolute Gasteiger partial charge is 0.460 e. The Balaban J connectivity index is 2.10. The summed E-state index contributed by atoms with van der Waals surface area (Å²) in [6.45, 7) is 0. The monoisotopic (exact) mass is 474 g/mol. The second-order valence-corrected chi connectivity index (χ2v) is 6.32. The minimum atomic E-state index is -6.19. The van der Waals surface area contributed by atoms with Crippen molar-refractivity contribution in [2.75, 3.05) is 4.42 Å². The first-order chi connectivity index (χ1) is 13.8. The van der Waals surface area contributed by atoms with E-state index in [1.165, 1.54) is 12.1 Å². The number of anilines is 1. The van der Waals surface area contributed by atoms with Crippen LogP contribution < -0.4 is 14.5 Å². The summed E-state index contributed by atoms with van der Waals surface area (Å²) in [5.74, 6) is -7.43. The molecule has 0 radical (unpaired) electrons. The Kier molecular flexibility index (Phi) is 7.09. The van der Waals surface area contributed by atoms with E-state index in [0.717, 1.165) is 18.2 Å². The van der Waals surface area contributed by atoms with Crippen LogP contribution >= 0.6 is 23.4 Å². The molecular formula is C17H10Cl2F6N2O3. The summed E-state index contributed by atoms with van der Waals surface area (Å²) in [6, 6.07) is 8.94. The van der Waals surface area contributed by atoms with Crippen molar-refractivity contribution in [2.24, 2.45) is 0 Å². The quantitative estimate of drug-likeness (QED) is 0.445. The van der Waals surface area contributed by atoms with E-state index in [1.54, 1.807) is 18.2 Å². The van der Waals surface area contributed by atoms with E-state index in [9.17, 15) is 35.9 Å². The zero-order valence-electron chi connectivity index (χ0n) is 14.4. The molecule has 0 aliphatic heterocycles. The van der Waals surface area contributed by atoms with Gasteiger partial charge in [0.2, 0.25) is 0 Å². The maximum absolute atomic E-state index is 13.3. The number of hydrogen-bond acceptors (Lipinski definition) is 3. The lowest BCUT2D eigenvalue weighted by Crippen LogP contribution is -2.47. The Morgan fingerprint density at radius 1 is 1.03 bits per heavy atom. The molecule has 1 unspecified atom stereocenters. The molecular weight excluding hydrogens is 465 g/mol. The van der Waals surface area contributed by atoms with E-state index in [1.807, 2.05) is 5.32 Å². The molecule has 3 amide bonds. The molecule has 0 saturated carbocycles. The van der Waals surface area contributed by atoms with Crippen LogP contribution in [-0.4, -0.2) is 30.4 Å². The molecule has 1 N–H and O–H groups in total. The molecule has 2 aromatic rings. The summed E-state index contributed by atoms with van der Waals surface area (Å²) in [6.07, 6.45) is -10.3. The summed E-state index contributed by atoms with van der Waals surface area (Å²) < 4.78 is 80.1. The zero-order chi connectivity index (χ0) is 22.7. The van der Waals surface area contributed by atoms with Crippen LogP contribution in [0.1, 0.15) is 10.4 Å². The van der Waals surface area contributed by atoms with Crippen molar-refractivity contribution >= 4 is 41.0 Å². The van der Waals surface area contributed by atoms with E-state index in [-0.39, 0.29) is 11.3 Å². The number of urea groups is 1. The van der Waals surface area contributed by atoms with Crippen LogP contribution in [0.15, 0.2) is 48.5 Å². The zero-order valence-corrected chi connectivity index (χ0v) is 15.9. The van der Waals surface area contributed by atoms with Gasteiger partial charge >= 0.3 is 24.5 Å². The van der Waals surface area contributed by atoms with E-state index in [2.05, 4.69) is 4.74 Å². The maximum Gasteiger partial charge on any atom is 0.460 e. The van der Waals surface area contributed by atoms with Crippen LogP contribution in [-0.2, 0) is 0 Å². The fourth-order valence-electron chi connectivity index (χ4n) is 1.95. The Labute approximate surface area is 175 Å². The third kappa shape index (κ3) is 5.28. The molecule has 30 heavy (non-hydrogen) atoms. The number of alkyl halides is 6. The van der Waals surface area contributed by atoms with Crippen molar-refractivity contribution in [2.45, 2.75) is 18.5 Å². The van der Waals surface area contributed by atoms with Crippen LogP contribution in [0, 0.1) is 0 Å². The topological polar surface area (TPSA) is 58.6 Å². The number of nitrogens with zero attached hydrogens (tertiary/aromatic N) is 1. The minimum Gasteiger partial charge on any atom is -0.452 e. The maximum atomic E-state index is 13.3. The fourth-order valence-corrected chi connectivity index (χ4v) is 2.31. The molecule has 0 saturated heterocycles. The average Bonchev–Trinajstić information content (AvgIpc) is 2.68. The van der Waals surface area contributed by atoms with Gasteiger partial charge in [0.15, 0.2) is 0 Å². The van der Waals surface area contributed by atoms with E-state index < -0.39 is 41.2 Å². The first kappa shape index (κ1) is 23.6. The normalized spacial score (nSPS) is 12.8. The molecule has 1 atom stereocenters. The van der Waals surface area contributed by atoms with Crippen molar-refractivity contribution < 1.29 is 40.7 Å². The van der Waals surface area contributed by atoms with Gasteiger partial charge in [-0.1, -0.05) is 29.8 Å². The van der Waals surface area contributed by atoms with Crippen molar-refractivity contribution in [3.8, 4) is 5.75 Å². The van der Waals surface area contributed by atoms with E-state index >= 15 is 0 Å². The number of imide groups is 1. The highest BCUT2D eigenvalue weighted by molar-refractivity contribution is 6.38. The number of rotatable bonds is 5. The van der Waals surface area contributed by atoms with Crippen molar-refractivity contribution in [1.29, 1.82) is 0 Å². The predicted molar refractivity (Wildman–Crippen MR) is 95.6 cm³/mol. The lowest BCUT2D eigenvalue weighted by Gasteiger charge is -2.24. The van der Waals surface area contributed by atoms with Gasteiger partial charge in [-0.05, 0) is 30.3 Å². The van der Waals surface area contributed by atoms with Gasteiger partial charge in [-0.2, -0.15) is 26.3 Å². The second-order valence-electron chi connectivity index (χ2n) is 5.58. The first-order valence-electron chi connectivity index (χ1n) is 7.75. The molecule has 13 heteroatoms. The van der Waals surface area contributed by atoms with Crippen molar-refractivity contribution in [1.82, 2.24) is 5.32 Å². The van der Waals surface area contributed by atoms with Gasteiger partial charge < -0.3 is 4.74 Å². The molecule has 2 aromatic carbocycles. The number of nitrogens with one attached hydrogen (secondary N) is 1. The Bertz CT molecular complexity index is 927. The highest BCUT2D eigenvalue weighted by Crippen LogP contribution is 2.41. The molecule has 0 bridgehead atoms. The van der Waals surface area contributed by atoms with Crippen LogP contribution in [0.5, 0.6) is 5.75 Å². The Hall–Kier alpha value is -2.66. The van der Waals surface area contributed by atoms with Gasteiger partial charge in [-0.3, -0.25) is 10.1 Å². The first-order valence-corrected chi connectivity index (χ1v) is 8.47. The number of carbonyl (C=O) groups excluding carboxylic acids is 2. The summed E-state index contributed by atoms with van der Waals surface area (Å²) in [5, 5.41) is 1.33. The Morgan fingerprint density at radius 3 is 2.17 bits per heavy atom. The van der Waals surface area contributed by atoms with Crippen molar-refractivity contribution in [3.63, 3.8) is 0 Å². The van der Waals surface area contributed by atoms with Gasteiger partial charge in [0.25, 0.3) is 5.91 Å². The molecule has 0 aliphatic rings. The van der Waals surface area contributed by atoms with Gasteiger partial charge in [-0.15, -0.1) is 0 Å². The number of carbonyl (C=O) groups is 2. The lowest BCUT2D eigenvalue weighted by molar-refractivity contribution is -0.328. The smallest absolute Gasteiger partial charge is 0.452 e. The molecule has 5 nitrogen and oxygen atoms in total. The van der Waals surface area contributed by atoms with Crippen molar-refractivity contribution in [3.05, 3.63) is 59.1 Å². The van der Waals surface area contributed by atoms with Gasteiger partial charge in [0, 0.05) is 17.3 Å². The molecule has 0 fully saturated rings. The summed E-state index contributed by atoms with van der Waals surface area (Å²) in [7, 11) is 0. The molecule has 0 aliphatic carbocycles. The summed E-state index contributed by atoms with van der Waals surface area (Å²) >= 11 is 11.5. The minimum absolute atomic E-state index is 0.150. The number of benzene rings is 2. The third-order valence-electron chi connectivity index (χ3n) is 3.47. The number of ether oxygens (including phenoxy) is 1. The SMILES string of the molecule is O=C(NC(=O)N(Cl)c1ccc(OC(F)C(F)(F)C(F)(F)F)c(Cl)c1)c1ccccc1. The molecule has 0 spiro atoms. The van der Waals surface area contributed by atoms with Crippen LogP contribution in [0.25, 0.3) is 0 Å². The highest BCUT2D eigenvalue weighted by atomic mass is 35.5. The van der Waals surface area contributed by atoms with Crippen LogP contribution in [0.4, 0.5) is 36.8 Å². The number of amides is 3. The van der Waals surface area contributed by atoms with E-state index in [4.69, 9.17) is 23.4 Å². The Morgan fingerprint density at radius 2 is 1.63 bits per heavy atom. The molecule has 2 rings (SSSR count). The van der Waals surface area contributed by atoms with Crippen LogP contribution in [0.2, 0.25) is 5.02 Å². The van der Waals surface area contributed by atoms with Gasteiger partial charge in [-0.25, -0.2) is 9.21 Å². The number of hydrogen-bond donors (Lipinski definition) is 1. The van der Waals surface area contributed by atoms with E-state index in [0.29, 0.717) is 4.42 Å². The summed E-state index contributed by atoms with van der Waals surface area (Å²) in [4.78, 5) is 24.0. The standard InChI is InChI=1S/C17H10Cl2F6N2O3/c18-11-8-10(6-7-12(11)30-14(20)16(21,22)17(23,24)25)27(19)15(29)26-13(28)9-4-2-1-3-5-9/h1-8,14H,(H,26,28,29). The molecule has 162 valence electrons. The predicted octanol–water partition coefficient (Wildman–Crippen LogP) is 5.72.